The van der Waals surface area contributed by atoms with Crippen LogP contribution in [-0.4, -0.2) is 21.3 Å². The molecule has 7 heteroatoms. The van der Waals surface area contributed by atoms with Crippen molar-refractivity contribution in [2.75, 3.05) is 0 Å². The second-order valence-corrected chi connectivity index (χ2v) is 8.88. The quantitative estimate of drug-likeness (QED) is 0.457. The van der Waals surface area contributed by atoms with E-state index in [2.05, 4.69) is 6.07 Å². The van der Waals surface area contributed by atoms with Crippen LogP contribution in [0.4, 0.5) is 4.79 Å². The van der Waals surface area contributed by atoms with Crippen LogP contribution in [0.2, 0.25) is 5.02 Å². The highest BCUT2D eigenvalue weighted by atomic mass is 35.5. The van der Waals surface area contributed by atoms with Gasteiger partial charge in [0.1, 0.15) is 12.4 Å². The molecule has 0 unspecified atom stereocenters. The molecule has 5 nitrogen and oxygen atoms in total. The van der Waals surface area contributed by atoms with Crippen molar-refractivity contribution in [2.45, 2.75) is 24.8 Å². The highest BCUT2D eigenvalue weighted by Gasteiger charge is 2.39. The van der Waals surface area contributed by atoms with Gasteiger partial charge < -0.3 is 4.74 Å². The molecular formula is C25H19ClN2O3S. The van der Waals surface area contributed by atoms with Crippen LogP contribution >= 0.6 is 23.4 Å². The lowest BCUT2D eigenvalue weighted by atomic mass is 10.1. The summed E-state index contributed by atoms with van der Waals surface area (Å²) in [4.78, 5) is 26.7. The Bertz CT molecular complexity index is 1190. The molecule has 1 heterocycles. The zero-order valence-electron chi connectivity index (χ0n) is 17.0. The summed E-state index contributed by atoms with van der Waals surface area (Å²) < 4.78 is 5.99. The second-order valence-electron chi connectivity index (χ2n) is 7.29. The first kappa shape index (κ1) is 21.9. The summed E-state index contributed by atoms with van der Waals surface area (Å²) >= 11 is 6.96. The summed E-state index contributed by atoms with van der Waals surface area (Å²) in [5, 5.41) is 9.11. The number of imide groups is 1. The summed E-state index contributed by atoms with van der Waals surface area (Å²) in [6, 6.07) is 24.0. The van der Waals surface area contributed by atoms with Crippen LogP contribution in [0.1, 0.15) is 22.3 Å². The minimum absolute atomic E-state index is 0.209. The Kier molecular flexibility index (Phi) is 6.79. The SMILES string of the molecule is N#Cc1ccccc1COc1ccccc1C[C@@H]1SC(=O)N(Cc2ccc(Cl)cc2)C1=O. The summed E-state index contributed by atoms with van der Waals surface area (Å²) in [5.74, 6) is 0.428. The predicted octanol–water partition coefficient (Wildman–Crippen LogP) is 5.60. The van der Waals surface area contributed by atoms with Gasteiger partial charge in [-0.25, -0.2) is 0 Å². The van der Waals surface area contributed by atoms with E-state index in [-0.39, 0.29) is 24.3 Å². The standard InChI is InChI=1S/C25H19ClN2O3S/c26-21-11-9-17(10-12-21)15-28-24(29)23(32-25(28)30)13-18-5-3-4-8-22(18)31-16-20-7-2-1-6-19(20)14-27/h1-12,23H,13,15-16H2/t23-/m0/s1. The molecule has 0 bridgehead atoms. The number of amides is 2. The van der Waals surface area contributed by atoms with Gasteiger partial charge in [-0.05, 0) is 41.8 Å². The number of halogens is 1. The van der Waals surface area contributed by atoms with E-state index >= 15 is 0 Å². The molecule has 32 heavy (non-hydrogen) atoms. The minimum atomic E-state index is -0.508. The number of carbonyl (C=O) groups is 2. The number of benzene rings is 3. The van der Waals surface area contributed by atoms with Crippen LogP contribution in [0.15, 0.2) is 72.8 Å². The lowest BCUT2D eigenvalue weighted by Gasteiger charge is -2.15. The maximum absolute atomic E-state index is 12.9. The summed E-state index contributed by atoms with van der Waals surface area (Å²) in [7, 11) is 0. The molecule has 1 aliphatic heterocycles. The normalized spacial score (nSPS) is 15.6. The fraction of sp³-hybridized carbons (Fsp3) is 0.160. The zero-order chi connectivity index (χ0) is 22.5. The molecule has 3 aromatic carbocycles. The number of hydrogen-bond donors (Lipinski definition) is 0. The smallest absolute Gasteiger partial charge is 0.289 e. The Balaban J connectivity index is 1.45. The first-order valence-corrected chi connectivity index (χ1v) is 11.3. The van der Waals surface area contributed by atoms with Gasteiger partial charge >= 0.3 is 0 Å². The Morgan fingerprint density at radius 3 is 2.41 bits per heavy atom. The van der Waals surface area contributed by atoms with Crippen molar-refractivity contribution in [1.29, 1.82) is 5.26 Å². The lowest BCUT2D eigenvalue weighted by Crippen LogP contribution is -2.31. The van der Waals surface area contributed by atoms with Gasteiger partial charge in [0.2, 0.25) is 5.91 Å². The molecule has 4 rings (SSSR count). The molecule has 1 fully saturated rings. The van der Waals surface area contributed by atoms with Crippen LogP contribution in [0.3, 0.4) is 0 Å². The monoisotopic (exact) mass is 462 g/mol. The van der Waals surface area contributed by atoms with Crippen LogP contribution in [-0.2, 0) is 24.4 Å². The summed E-state index contributed by atoms with van der Waals surface area (Å²) in [6.07, 6.45) is 0.377. The first-order valence-electron chi connectivity index (χ1n) is 10.0. The molecule has 1 aliphatic rings. The topological polar surface area (TPSA) is 70.4 Å². The van der Waals surface area contributed by atoms with E-state index in [4.69, 9.17) is 16.3 Å². The van der Waals surface area contributed by atoms with Crippen LogP contribution in [0.25, 0.3) is 0 Å². The average Bonchev–Trinajstić information content (AvgIpc) is 3.07. The molecule has 3 aromatic rings. The van der Waals surface area contributed by atoms with Gasteiger partial charge in [-0.3, -0.25) is 14.5 Å². The van der Waals surface area contributed by atoms with Gasteiger partial charge in [0.15, 0.2) is 0 Å². The van der Waals surface area contributed by atoms with Crippen molar-refractivity contribution in [3.8, 4) is 11.8 Å². The molecule has 0 saturated carbocycles. The van der Waals surface area contributed by atoms with Gasteiger partial charge in [-0.2, -0.15) is 5.26 Å². The zero-order valence-corrected chi connectivity index (χ0v) is 18.6. The maximum Gasteiger partial charge on any atom is 0.289 e. The molecule has 0 radical (unpaired) electrons. The number of para-hydroxylation sites is 1. The van der Waals surface area contributed by atoms with E-state index < -0.39 is 5.25 Å². The van der Waals surface area contributed by atoms with E-state index in [1.54, 1.807) is 18.2 Å². The van der Waals surface area contributed by atoms with E-state index in [1.165, 1.54) is 4.90 Å². The highest BCUT2D eigenvalue weighted by molar-refractivity contribution is 8.15. The van der Waals surface area contributed by atoms with Gasteiger partial charge in [0.25, 0.3) is 5.24 Å². The fourth-order valence-electron chi connectivity index (χ4n) is 3.47. The maximum atomic E-state index is 12.9. The largest absolute Gasteiger partial charge is 0.489 e. The molecule has 1 atom stereocenters. The van der Waals surface area contributed by atoms with Crippen molar-refractivity contribution < 1.29 is 14.3 Å². The number of nitriles is 1. The minimum Gasteiger partial charge on any atom is -0.489 e. The molecule has 2 amide bonds. The van der Waals surface area contributed by atoms with E-state index in [0.717, 1.165) is 28.5 Å². The number of ether oxygens (including phenoxy) is 1. The number of carbonyl (C=O) groups excluding carboxylic acids is 2. The predicted molar refractivity (Wildman–Crippen MR) is 124 cm³/mol. The Morgan fingerprint density at radius 2 is 1.66 bits per heavy atom. The molecule has 0 N–H and O–H groups in total. The van der Waals surface area contributed by atoms with Crippen molar-refractivity contribution >= 4 is 34.5 Å². The number of thioether (sulfide) groups is 1. The molecule has 1 saturated heterocycles. The van der Waals surface area contributed by atoms with Crippen LogP contribution < -0.4 is 4.74 Å². The van der Waals surface area contributed by atoms with E-state index in [9.17, 15) is 14.9 Å². The molecule has 0 spiro atoms. The number of hydrogen-bond acceptors (Lipinski definition) is 5. The third-order valence-electron chi connectivity index (χ3n) is 5.16. The van der Waals surface area contributed by atoms with Crippen molar-refractivity contribution in [3.63, 3.8) is 0 Å². The van der Waals surface area contributed by atoms with Crippen molar-refractivity contribution in [3.05, 3.63) is 100 Å². The Morgan fingerprint density at radius 1 is 0.969 bits per heavy atom. The Hall–Kier alpha value is -3.27. The lowest BCUT2D eigenvalue weighted by molar-refractivity contribution is -0.127. The Labute approximate surface area is 195 Å². The van der Waals surface area contributed by atoms with Gasteiger partial charge in [0, 0.05) is 10.6 Å². The molecular weight excluding hydrogens is 444 g/mol. The first-order chi connectivity index (χ1) is 15.5. The summed E-state index contributed by atoms with van der Waals surface area (Å²) in [5.41, 5.74) is 3.04. The van der Waals surface area contributed by atoms with Gasteiger partial charge in [-0.1, -0.05) is 71.9 Å². The highest BCUT2D eigenvalue weighted by Crippen LogP contribution is 2.33. The van der Waals surface area contributed by atoms with E-state index in [0.29, 0.717) is 22.8 Å². The molecule has 0 aromatic heterocycles. The van der Waals surface area contributed by atoms with E-state index in [1.807, 2.05) is 54.6 Å². The molecule has 160 valence electrons. The van der Waals surface area contributed by atoms with Crippen molar-refractivity contribution in [2.24, 2.45) is 0 Å². The third kappa shape index (κ3) is 4.96. The fourth-order valence-corrected chi connectivity index (χ4v) is 4.61. The summed E-state index contributed by atoms with van der Waals surface area (Å²) in [6.45, 7) is 0.468. The van der Waals surface area contributed by atoms with Crippen LogP contribution in [0.5, 0.6) is 5.75 Å². The van der Waals surface area contributed by atoms with Gasteiger partial charge in [-0.15, -0.1) is 0 Å². The van der Waals surface area contributed by atoms with Crippen molar-refractivity contribution in [1.82, 2.24) is 4.90 Å². The molecule has 0 aliphatic carbocycles. The average molecular weight is 463 g/mol. The van der Waals surface area contributed by atoms with Gasteiger partial charge in [0.05, 0.1) is 23.4 Å². The second kappa shape index (κ2) is 9.90. The number of nitrogens with zero attached hydrogens (tertiary/aromatic N) is 2. The van der Waals surface area contributed by atoms with Crippen LogP contribution in [0, 0.1) is 11.3 Å². The number of rotatable bonds is 7. The third-order valence-corrected chi connectivity index (χ3v) is 6.48.